The van der Waals surface area contributed by atoms with Crippen molar-refractivity contribution in [2.24, 2.45) is 0 Å². The van der Waals surface area contributed by atoms with E-state index in [1.54, 1.807) is 0 Å². The van der Waals surface area contributed by atoms with Gasteiger partial charge in [-0.15, -0.1) is 0 Å². The minimum absolute atomic E-state index is 0.481. The van der Waals surface area contributed by atoms with Crippen LogP contribution in [0.2, 0.25) is 0 Å². The smallest absolute Gasteiger partial charge is 0.152 e. The first-order valence-corrected chi connectivity index (χ1v) is 5.67. The molecule has 0 aromatic heterocycles. The summed E-state index contributed by atoms with van der Waals surface area (Å²) in [6, 6.07) is 8.20. The van der Waals surface area contributed by atoms with Crippen LogP contribution in [0, 0.1) is 0 Å². The zero-order valence-electron chi connectivity index (χ0n) is 9.56. The number of anilines is 1. The molecule has 0 spiro atoms. The molecule has 3 heteroatoms. The molecule has 0 radical (unpaired) electrons. The number of carbonyl (C=O) groups is 1. The number of rotatable bonds is 3. The molecular formula is C13H17NO2. The fourth-order valence-electron chi connectivity index (χ4n) is 2.18. The molecule has 1 aliphatic heterocycles. The zero-order valence-corrected chi connectivity index (χ0v) is 9.56. The van der Waals surface area contributed by atoms with Crippen molar-refractivity contribution in [3.8, 4) is 0 Å². The van der Waals surface area contributed by atoms with E-state index in [9.17, 15) is 4.79 Å². The van der Waals surface area contributed by atoms with Gasteiger partial charge in [0.1, 0.15) is 0 Å². The first kappa shape index (κ1) is 11.1. The molecule has 0 amide bonds. The molecule has 2 rings (SSSR count). The molecule has 0 aliphatic carbocycles. The van der Waals surface area contributed by atoms with Crippen molar-refractivity contribution in [3.05, 3.63) is 29.8 Å². The van der Waals surface area contributed by atoms with Gasteiger partial charge in [0.25, 0.3) is 0 Å². The highest BCUT2D eigenvalue weighted by atomic mass is 16.5. The Balaban J connectivity index is 2.18. The summed E-state index contributed by atoms with van der Waals surface area (Å²) >= 11 is 0. The molecule has 0 N–H and O–H groups in total. The lowest BCUT2D eigenvalue weighted by Crippen LogP contribution is -2.37. The number of ether oxygens (including phenoxy) is 1. The fraction of sp³-hybridized carbons (Fsp3) is 0.462. The lowest BCUT2D eigenvalue weighted by molar-refractivity contribution is 0.0854. The Bertz CT molecular complexity index is 359. The van der Waals surface area contributed by atoms with Crippen molar-refractivity contribution in [3.63, 3.8) is 0 Å². The Morgan fingerprint density at radius 1 is 1.31 bits per heavy atom. The monoisotopic (exact) mass is 219 g/mol. The quantitative estimate of drug-likeness (QED) is 0.729. The molecule has 1 heterocycles. The van der Waals surface area contributed by atoms with Crippen LogP contribution in [0.4, 0.5) is 5.69 Å². The number of hydrogen-bond acceptors (Lipinski definition) is 3. The molecule has 0 saturated carbocycles. The van der Waals surface area contributed by atoms with Gasteiger partial charge in [-0.3, -0.25) is 4.79 Å². The first-order valence-electron chi connectivity index (χ1n) is 5.67. The van der Waals surface area contributed by atoms with E-state index >= 15 is 0 Å². The molecule has 1 aliphatic rings. The molecular weight excluding hydrogens is 202 g/mol. The predicted octanol–water partition coefficient (Wildman–Crippen LogP) is 2.11. The van der Waals surface area contributed by atoms with Gasteiger partial charge in [-0.05, 0) is 25.0 Å². The number of nitrogens with zero attached hydrogens (tertiary/aromatic N) is 1. The van der Waals surface area contributed by atoms with Crippen molar-refractivity contribution in [1.29, 1.82) is 0 Å². The fourth-order valence-corrected chi connectivity index (χ4v) is 2.18. The highest BCUT2D eigenvalue weighted by molar-refractivity contribution is 5.84. The number of aldehydes is 1. The maximum absolute atomic E-state index is 11.0. The predicted molar refractivity (Wildman–Crippen MR) is 64.1 cm³/mol. The van der Waals surface area contributed by atoms with Crippen molar-refractivity contribution in [2.45, 2.75) is 18.9 Å². The molecule has 0 atom stereocenters. The van der Waals surface area contributed by atoms with Gasteiger partial charge in [0.05, 0.1) is 0 Å². The molecule has 0 bridgehead atoms. The van der Waals surface area contributed by atoms with E-state index in [-0.39, 0.29) is 0 Å². The van der Waals surface area contributed by atoms with Crippen LogP contribution < -0.4 is 4.90 Å². The number of hydrogen-bond donors (Lipinski definition) is 0. The Kier molecular flexibility index (Phi) is 3.57. The van der Waals surface area contributed by atoms with Crippen LogP contribution in [0.25, 0.3) is 0 Å². The second-order valence-corrected chi connectivity index (χ2v) is 4.13. The normalized spacial score (nSPS) is 17.1. The molecule has 1 fully saturated rings. The molecule has 16 heavy (non-hydrogen) atoms. The number of carbonyl (C=O) groups excluding carboxylic acids is 1. The molecule has 1 aromatic carbocycles. The Morgan fingerprint density at radius 2 is 2.00 bits per heavy atom. The molecule has 0 unspecified atom stereocenters. The van der Waals surface area contributed by atoms with E-state index in [1.807, 2.05) is 24.3 Å². The summed E-state index contributed by atoms with van der Waals surface area (Å²) in [4.78, 5) is 13.2. The highest BCUT2D eigenvalue weighted by Crippen LogP contribution is 2.23. The van der Waals surface area contributed by atoms with Gasteiger partial charge < -0.3 is 9.64 Å². The van der Waals surface area contributed by atoms with Gasteiger partial charge in [0, 0.05) is 37.6 Å². The summed E-state index contributed by atoms with van der Waals surface area (Å²) in [6.45, 7) is 1.64. The van der Waals surface area contributed by atoms with Crippen LogP contribution in [0.5, 0.6) is 0 Å². The van der Waals surface area contributed by atoms with E-state index < -0.39 is 0 Å². The van der Waals surface area contributed by atoms with Gasteiger partial charge >= 0.3 is 0 Å². The van der Waals surface area contributed by atoms with Crippen LogP contribution in [0.1, 0.15) is 23.2 Å². The Labute approximate surface area is 96.0 Å². The number of benzene rings is 1. The third-order valence-corrected chi connectivity index (χ3v) is 3.18. The highest BCUT2D eigenvalue weighted by Gasteiger charge is 2.19. The van der Waals surface area contributed by atoms with E-state index in [2.05, 4.69) is 11.9 Å². The van der Waals surface area contributed by atoms with E-state index in [4.69, 9.17) is 4.74 Å². The average molecular weight is 219 g/mol. The van der Waals surface area contributed by atoms with Gasteiger partial charge in [0.2, 0.25) is 0 Å². The van der Waals surface area contributed by atoms with Gasteiger partial charge in [-0.1, -0.05) is 12.1 Å². The zero-order chi connectivity index (χ0) is 11.4. The second kappa shape index (κ2) is 5.12. The summed E-state index contributed by atoms with van der Waals surface area (Å²) in [5.41, 5.74) is 1.78. The Morgan fingerprint density at radius 3 is 2.69 bits per heavy atom. The van der Waals surface area contributed by atoms with Gasteiger partial charge in [-0.25, -0.2) is 0 Å². The molecule has 86 valence electrons. The second-order valence-electron chi connectivity index (χ2n) is 4.13. The SMILES string of the molecule is CN(c1ccccc1C=O)C1CCOCC1. The van der Waals surface area contributed by atoms with Crippen molar-refractivity contribution in [2.75, 3.05) is 25.2 Å². The van der Waals surface area contributed by atoms with E-state index in [0.717, 1.165) is 43.6 Å². The number of para-hydroxylation sites is 1. The summed E-state index contributed by atoms with van der Waals surface area (Å²) in [7, 11) is 2.05. The molecule has 3 nitrogen and oxygen atoms in total. The molecule has 1 saturated heterocycles. The lowest BCUT2D eigenvalue weighted by atomic mass is 10.1. The van der Waals surface area contributed by atoms with E-state index in [1.165, 1.54) is 0 Å². The Hall–Kier alpha value is -1.35. The third kappa shape index (κ3) is 2.25. The maximum Gasteiger partial charge on any atom is 0.152 e. The summed E-state index contributed by atoms with van der Waals surface area (Å²) in [5.74, 6) is 0. The van der Waals surface area contributed by atoms with Crippen LogP contribution in [-0.2, 0) is 4.74 Å². The van der Waals surface area contributed by atoms with Crippen molar-refractivity contribution >= 4 is 12.0 Å². The largest absolute Gasteiger partial charge is 0.381 e. The topological polar surface area (TPSA) is 29.5 Å². The van der Waals surface area contributed by atoms with Gasteiger partial charge in [0.15, 0.2) is 6.29 Å². The van der Waals surface area contributed by atoms with Crippen LogP contribution in [-0.4, -0.2) is 32.6 Å². The summed E-state index contributed by atoms with van der Waals surface area (Å²) in [5, 5.41) is 0. The third-order valence-electron chi connectivity index (χ3n) is 3.18. The van der Waals surface area contributed by atoms with E-state index in [0.29, 0.717) is 6.04 Å². The van der Waals surface area contributed by atoms with Gasteiger partial charge in [-0.2, -0.15) is 0 Å². The first-order chi connectivity index (χ1) is 7.83. The van der Waals surface area contributed by atoms with Crippen LogP contribution >= 0.6 is 0 Å². The maximum atomic E-state index is 11.0. The minimum atomic E-state index is 0.481. The standard InChI is InChI=1S/C13H17NO2/c1-14(12-6-8-16-9-7-12)13-5-3-2-4-11(13)10-15/h2-5,10,12H,6-9H2,1H3. The average Bonchev–Trinajstić information content (AvgIpc) is 2.39. The summed E-state index contributed by atoms with van der Waals surface area (Å²) in [6.07, 6.45) is 2.98. The molecule has 1 aromatic rings. The minimum Gasteiger partial charge on any atom is -0.381 e. The lowest BCUT2D eigenvalue weighted by Gasteiger charge is -2.33. The van der Waals surface area contributed by atoms with Crippen LogP contribution in [0.3, 0.4) is 0 Å². The summed E-state index contributed by atoms with van der Waals surface area (Å²) < 4.78 is 5.35. The van der Waals surface area contributed by atoms with Crippen molar-refractivity contribution < 1.29 is 9.53 Å². The van der Waals surface area contributed by atoms with Crippen molar-refractivity contribution in [1.82, 2.24) is 0 Å². The van der Waals surface area contributed by atoms with Crippen LogP contribution in [0.15, 0.2) is 24.3 Å².